The van der Waals surface area contributed by atoms with Crippen molar-refractivity contribution in [1.82, 2.24) is 0 Å². The fraction of sp³-hybridized carbons (Fsp3) is 0.667. The lowest BCUT2D eigenvalue weighted by atomic mass is 9.60. The van der Waals surface area contributed by atoms with Crippen LogP contribution in [0.15, 0.2) is 23.5 Å². The van der Waals surface area contributed by atoms with Gasteiger partial charge in [-0.2, -0.15) is 0 Å². The molecular weight excluding hydrogens is 400 g/mol. The number of ketones is 1. The number of carbonyl (C=O) groups is 4. The van der Waals surface area contributed by atoms with Gasteiger partial charge in [0.1, 0.15) is 17.5 Å². The highest BCUT2D eigenvalue weighted by Crippen LogP contribution is 2.55. The molecular formula is C24H34O7. The highest BCUT2D eigenvalue weighted by molar-refractivity contribution is 5.99. The molecule has 0 unspecified atom stereocenters. The van der Waals surface area contributed by atoms with E-state index in [0.717, 1.165) is 0 Å². The molecule has 31 heavy (non-hydrogen) atoms. The predicted molar refractivity (Wildman–Crippen MR) is 114 cm³/mol. The van der Waals surface area contributed by atoms with Gasteiger partial charge in [-0.05, 0) is 32.1 Å². The van der Waals surface area contributed by atoms with Gasteiger partial charge in [0.25, 0.3) is 0 Å². The largest absolute Gasteiger partial charge is 0.458 e. The maximum Gasteiger partial charge on any atom is 0.335 e. The Kier molecular flexibility index (Phi) is 6.88. The number of allylic oxidation sites excluding steroid dienone is 2. The molecule has 0 bridgehead atoms. The summed E-state index contributed by atoms with van der Waals surface area (Å²) in [6, 6.07) is 0. The van der Waals surface area contributed by atoms with Crippen LogP contribution in [-0.4, -0.2) is 35.4 Å². The van der Waals surface area contributed by atoms with Crippen LogP contribution in [0.5, 0.6) is 0 Å². The van der Waals surface area contributed by atoms with Gasteiger partial charge in [-0.3, -0.25) is 14.4 Å². The summed E-state index contributed by atoms with van der Waals surface area (Å²) >= 11 is 0. The van der Waals surface area contributed by atoms with Crippen molar-refractivity contribution in [2.45, 2.75) is 86.4 Å². The molecule has 2 rings (SSSR count). The van der Waals surface area contributed by atoms with Crippen LogP contribution in [-0.2, 0) is 33.4 Å². The number of hydrogen-bond acceptors (Lipinski definition) is 7. The number of ether oxygens (including phenoxy) is 3. The van der Waals surface area contributed by atoms with Crippen LogP contribution in [0.2, 0.25) is 0 Å². The van der Waals surface area contributed by atoms with E-state index in [0.29, 0.717) is 24.2 Å². The minimum atomic E-state index is -1.12. The molecule has 7 nitrogen and oxygen atoms in total. The molecule has 2 aliphatic rings. The third-order valence-electron chi connectivity index (χ3n) is 6.10. The minimum absolute atomic E-state index is 0.0737. The van der Waals surface area contributed by atoms with E-state index < -0.39 is 40.4 Å². The number of rotatable bonds is 7. The average molecular weight is 435 g/mol. The molecule has 0 fully saturated rings. The van der Waals surface area contributed by atoms with Crippen molar-refractivity contribution in [3.05, 3.63) is 23.5 Å². The zero-order valence-corrected chi connectivity index (χ0v) is 19.8. The SMILES string of the molecule is CC(=O)O[C@@H](C[C@@]12C=CC(=O)OC1=C(C(=O)C(C)C)C(C)(C)CC2)C(C)(C)OC(C)=O. The number of hydrogen-bond donors (Lipinski definition) is 0. The second kappa shape index (κ2) is 8.60. The second-order valence-electron chi connectivity index (χ2n) is 10.0. The zero-order chi connectivity index (χ0) is 23.8. The van der Waals surface area contributed by atoms with E-state index in [1.807, 2.05) is 27.7 Å². The maximum absolute atomic E-state index is 13.2. The van der Waals surface area contributed by atoms with Crippen LogP contribution in [0.1, 0.15) is 74.7 Å². The van der Waals surface area contributed by atoms with E-state index in [-0.39, 0.29) is 18.1 Å². The van der Waals surface area contributed by atoms with Gasteiger partial charge in [0.05, 0.1) is 5.41 Å². The lowest BCUT2D eigenvalue weighted by molar-refractivity contribution is -0.182. The smallest absolute Gasteiger partial charge is 0.335 e. The minimum Gasteiger partial charge on any atom is -0.458 e. The predicted octanol–water partition coefficient (Wildman–Crippen LogP) is 4.05. The van der Waals surface area contributed by atoms with Crippen molar-refractivity contribution >= 4 is 23.7 Å². The molecule has 1 aliphatic heterocycles. The first-order valence-electron chi connectivity index (χ1n) is 10.7. The number of carbonyl (C=O) groups excluding carboxylic acids is 4. The summed E-state index contributed by atoms with van der Waals surface area (Å²) in [6.07, 6.45) is 3.74. The van der Waals surface area contributed by atoms with Crippen LogP contribution in [0.4, 0.5) is 0 Å². The highest BCUT2D eigenvalue weighted by Gasteiger charge is 2.52. The molecule has 0 spiro atoms. The first-order chi connectivity index (χ1) is 14.1. The molecule has 0 saturated heterocycles. The summed E-state index contributed by atoms with van der Waals surface area (Å²) in [5.41, 5.74) is -1.94. The van der Waals surface area contributed by atoms with E-state index in [1.54, 1.807) is 19.9 Å². The van der Waals surface area contributed by atoms with Gasteiger partial charge in [-0.15, -0.1) is 0 Å². The van der Waals surface area contributed by atoms with Gasteiger partial charge in [0.2, 0.25) is 0 Å². The molecule has 0 aromatic carbocycles. The van der Waals surface area contributed by atoms with E-state index in [4.69, 9.17) is 14.2 Å². The first-order valence-corrected chi connectivity index (χ1v) is 10.7. The van der Waals surface area contributed by atoms with Crippen molar-refractivity contribution in [2.24, 2.45) is 16.7 Å². The Morgan fingerprint density at radius 2 is 1.74 bits per heavy atom. The molecule has 1 aliphatic carbocycles. The molecule has 0 aromatic heterocycles. The van der Waals surface area contributed by atoms with E-state index in [1.165, 1.54) is 19.9 Å². The quantitative estimate of drug-likeness (QED) is 0.440. The Bertz CT molecular complexity index is 844. The normalized spacial score (nSPS) is 23.7. The van der Waals surface area contributed by atoms with Crippen molar-refractivity contribution in [3.63, 3.8) is 0 Å². The Hall–Kier alpha value is -2.44. The summed E-state index contributed by atoms with van der Waals surface area (Å²) in [6.45, 7) is 13.5. The topological polar surface area (TPSA) is 96.0 Å². The summed E-state index contributed by atoms with van der Waals surface area (Å²) in [7, 11) is 0. The molecule has 0 radical (unpaired) electrons. The summed E-state index contributed by atoms with van der Waals surface area (Å²) in [5, 5.41) is 0. The van der Waals surface area contributed by atoms with E-state index in [9.17, 15) is 19.2 Å². The number of Topliss-reactive ketones (excluding diaryl/α,β-unsaturated/α-hetero) is 1. The average Bonchev–Trinajstić information content (AvgIpc) is 2.60. The third kappa shape index (κ3) is 5.25. The van der Waals surface area contributed by atoms with Crippen LogP contribution in [0.3, 0.4) is 0 Å². The summed E-state index contributed by atoms with van der Waals surface area (Å²) in [4.78, 5) is 48.9. The lowest BCUT2D eigenvalue weighted by Crippen LogP contribution is -2.49. The molecule has 2 atom stereocenters. The Balaban J connectivity index is 2.66. The van der Waals surface area contributed by atoms with Crippen molar-refractivity contribution in [1.29, 1.82) is 0 Å². The van der Waals surface area contributed by atoms with Crippen LogP contribution >= 0.6 is 0 Å². The van der Waals surface area contributed by atoms with Gasteiger partial charge in [0.15, 0.2) is 5.78 Å². The fourth-order valence-corrected chi connectivity index (χ4v) is 4.40. The fourth-order valence-electron chi connectivity index (χ4n) is 4.40. The van der Waals surface area contributed by atoms with Crippen LogP contribution in [0.25, 0.3) is 0 Å². The van der Waals surface area contributed by atoms with Crippen LogP contribution in [0, 0.1) is 16.7 Å². The number of esters is 3. The van der Waals surface area contributed by atoms with Crippen molar-refractivity contribution < 1.29 is 33.4 Å². The third-order valence-corrected chi connectivity index (χ3v) is 6.10. The standard InChI is InChI=1S/C24H34O7/c1-14(2)20(28)19-21-24(10-9-18(27)30-21,12-11-22(19,5)6)13-17(29-15(3)25)23(7,8)31-16(4)26/h9-10,14,17H,11-13H2,1-8H3/t17-,24-/m0/s1. The molecule has 0 aromatic rings. The van der Waals surface area contributed by atoms with Crippen LogP contribution < -0.4 is 0 Å². The maximum atomic E-state index is 13.2. The first kappa shape index (κ1) is 24.8. The number of fused-ring (bicyclic) bond motifs is 1. The van der Waals surface area contributed by atoms with Crippen molar-refractivity contribution in [3.8, 4) is 0 Å². The monoisotopic (exact) mass is 434 g/mol. The van der Waals surface area contributed by atoms with Gasteiger partial charge in [0, 0.05) is 37.8 Å². The summed E-state index contributed by atoms with van der Waals surface area (Å²) in [5.74, 6) is -1.58. The van der Waals surface area contributed by atoms with E-state index in [2.05, 4.69) is 0 Å². The summed E-state index contributed by atoms with van der Waals surface area (Å²) < 4.78 is 16.7. The Morgan fingerprint density at radius 3 is 2.26 bits per heavy atom. The van der Waals surface area contributed by atoms with Gasteiger partial charge in [-0.1, -0.05) is 33.8 Å². The van der Waals surface area contributed by atoms with E-state index >= 15 is 0 Å². The molecule has 7 heteroatoms. The molecule has 0 N–H and O–H groups in total. The molecule has 172 valence electrons. The molecule has 1 heterocycles. The highest BCUT2D eigenvalue weighted by atomic mass is 16.6. The lowest BCUT2D eigenvalue weighted by Gasteiger charge is -2.47. The van der Waals surface area contributed by atoms with Gasteiger partial charge < -0.3 is 14.2 Å². The van der Waals surface area contributed by atoms with Crippen molar-refractivity contribution in [2.75, 3.05) is 0 Å². The molecule has 0 saturated carbocycles. The Morgan fingerprint density at radius 1 is 1.13 bits per heavy atom. The van der Waals surface area contributed by atoms with Gasteiger partial charge >= 0.3 is 17.9 Å². The Labute approximate surface area is 184 Å². The zero-order valence-electron chi connectivity index (χ0n) is 19.8. The molecule has 0 amide bonds. The van der Waals surface area contributed by atoms with Gasteiger partial charge in [-0.25, -0.2) is 4.79 Å². The second-order valence-corrected chi connectivity index (χ2v) is 10.0.